The van der Waals surface area contributed by atoms with Crippen molar-refractivity contribution in [1.82, 2.24) is 0 Å². The molecule has 0 saturated heterocycles. The van der Waals surface area contributed by atoms with Gasteiger partial charge in [0.25, 0.3) is 0 Å². The quantitative estimate of drug-likeness (QED) is 0.139. The van der Waals surface area contributed by atoms with Crippen LogP contribution in [0.2, 0.25) is 0 Å². The first-order valence-electron chi connectivity index (χ1n) is 16.7. The van der Waals surface area contributed by atoms with Crippen LogP contribution in [0.25, 0.3) is 98.0 Å². The summed E-state index contributed by atoms with van der Waals surface area (Å²) in [5, 5.41) is 15.4. The van der Waals surface area contributed by atoms with Gasteiger partial charge in [0.2, 0.25) is 0 Å². The SMILES string of the molecule is c1cc(-c2ccc(-c3c4ccccc4cc4c3ccc3ccccc34)cc2)cc(-c2c3ccccc3cc3c2ccc2ccccc23)c1. The van der Waals surface area contributed by atoms with Gasteiger partial charge < -0.3 is 0 Å². The molecule has 0 aliphatic heterocycles. The number of hydrogen-bond acceptors (Lipinski definition) is 0. The molecule has 0 spiro atoms. The highest BCUT2D eigenvalue weighted by molar-refractivity contribution is 6.21. The van der Waals surface area contributed by atoms with E-state index in [1.807, 2.05) is 0 Å². The van der Waals surface area contributed by atoms with Crippen molar-refractivity contribution in [3.05, 3.63) is 182 Å². The zero-order valence-electron chi connectivity index (χ0n) is 26.3. The van der Waals surface area contributed by atoms with Crippen LogP contribution in [0.4, 0.5) is 0 Å². The van der Waals surface area contributed by atoms with E-state index in [1.54, 1.807) is 0 Å². The average molecular weight is 607 g/mol. The maximum Gasteiger partial charge on any atom is -0.00264 e. The first kappa shape index (κ1) is 26.9. The Morgan fingerprint density at radius 1 is 0.188 bits per heavy atom. The second kappa shape index (κ2) is 10.7. The summed E-state index contributed by atoms with van der Waals surface area (Å²) in [6, 6.07) is 67.1. The molecule has 0 unspecified atom stereocenters. The lowest BCUT2D eigenvalue weighted by Crippen LogP contribution is -1.89. The fraction of sp³-hybridized carbons (Fsp3) is 0. The van der Waals surface area contributed by atoms with Crippen molar-refractivity contribution in [2.75, 3.05) is 0 Å². The highest BCUT2D eigenvalue weighted by Gasteiger charge is 2.15. The van der Waals surface area contributed by atoms with Crippen LogP contribution in [0.3, 0.4) is 0 Å². The van der Waals surface area contributed by atoms with Crippen molar-refractivity contribution in [2.24, 2.45) is 0 Å². The van der Waals surface area contributed by atoms with Gasteiger partial charge in [0, 0.05) is 0 Å². The third-order valence-corrected chi connectivity index (χ3v) is 10.2. The molecule has 10 aromatic rings. The Morgan fingerprint density at radius 3 is 1.19 bits per heavy atom. The Labute approximate surface area is 279 Å². The van der Waals surface area contributed by atoms with Crippen LogP contribution in [-0.2, 0) is 0 Å². The Hall–Kier alpha value is -6.24. The molecular formula is C48H30. The first-order valence-corrected chi connectivity index (χ1v) is 16.7. The maximum atomic E-state index is 2.37. The molecule has 0 aliphatic rings. The molecule has 0 aliphatic carbocycles. The van der Waals surface area contributed by atoms with Gasteiger partial charge in [-0.2, -0.15) is 0 Å². The average Bonchev–Trinajstić information content (AvgIpc) is 3.16. The zero-order chi connectivity index (χ0) is 31.6. The summed E-state index contributed by atoms with van der Waals surface area (Å²) < 4.78 is 0. The van der Waals surface area contributed by atoms with Crippen LogP contribution >= 0.6 is 0 Å². The van der Waals surface area contributed by atoms with Crippen molar-refractivity contribution in [2.45, 2.75) is 0 Å². The zero-order valence-corrected chi connectivity index (χ0v) is 26.3. The summed E-state index contributed by atoms with van der Waals surface area (Å²) in [6.07, 6.45) is 0. The minimum Gasteiger partial charge on any atom is -0.0616 e. The third-order valence-electron chi connectivity index (χ3n) is 10.2. The minimum atomic E-state index is 1.21. The molecule has 0 bridgehead atoms. The molecule has 0 heterocycles. The van der Waals surface area contributed by atoms with Crippen molar-refractivity contribution in [3.63, 3.8) is 0 Å². The smallest absolute Gasteiger partial charge is 0.00264 e. The van der Waals surface area contributed by atoms with Gasteiger partial charge in [-0.25, -0.2) is 0 Å². The summed E-state index contributed by atoms with van der Waals surface area (Å²) in [5.41, 5.74) is 7.49. The van der Waals surface area contributed by atoms with Gasteiger partial charge in [-0.3, -0.25) is 0 Å². The topological polar surface area (TPSA) is 0 Å². The van der Waals surface area contributed by atoms with Crippen LogP contribution in [0.15, 0.2) is 182 Å². The summed E-state index contributed by atoms with van der Waals surface area (Å²) in [4.78, 5) is 0. The molecule has 10 aromatic carbocycles. The monoisotopic (exact) mass is 606 g/mol. The van der Waals surface area contributed by atoms with Crippen molar-refractivity contribution < 1.29 is 0 Å². The van der Waals surface area contributed by atoms with E-state index in [1.165, 1.54) is 98.0 Å². The molecule has 48 heavy (non-hydrogen) atoms. The van der Waals surface area contributed by atoms with E-state index in [4.69, 9.17) is 0 Å². The van der Waals surface area contributed by atoms with E-state index in [-0.39, 0.29) is 0 Å². The van der Waals surface area contributed by atoms with Crippen molar-refractivity contribution in [3.8, 4) is 33.4 Å². The highest BCUT2D eigenvalue weighted by Crippen LogP contribution is 2.42. The molecule has 0 aromatic heterocycles. The van der Waals surface area contributed by atoms with Gasteiger partial charge in [0.15, 0.2) is 0 Å². The normalized spacial score (nSPS) is 11.8. The molecule has 0 radical (unpaired) electrons. The molecule has 0 fully saturated rings. The van der Waals surface area contributed by atoms with E-state index < -0.39 is 0 Å². The summed E-state index contributed by atoms with van der Waals surface area (Å²) in [5.74, 6) is 0. The Morgan fingerprint density at radius 2 is 0.625 bits per heavy atom. The summed E-state index contributed by atoms with van der Waals surface area (Å²) in [6.45, 7) is 0. The molecule has 0 heteroatoms. The lowest BCUT2D eigenvalue weighted by molar-refractivity contribution is 1.61. The van der Waals surface area contributed by atoms with Gasteiger partial charge >= 0.3 is 0 Å². The standard InChI is InChI=1S/C48H30/c1-5-16-39-32(10-1)24-26-43-45(39)29-36-12-3-7-18-41(36)47(43)34-22-20-31(21-23-34)35-14-9-15-38(28-35)48-42-19-8-4-13-37(42)30-46-40-17-6-2-11-33(40)25-27-44(46)48/h1-30H. The van der Waals surface area contributed by atoms with Crippen LogP contribution in [0, 0.1) is 0 Å². The van der Waals surface area contributed by atoms with E-state index >= 15 is 0 Å². The number of benzene rings is 10. The molecule has 0 amide bonds. The summed E-state index contributed by atoms with van der Waals surface area (Å²) >= 11 is 0. The Kier molecular flexibility index (Phi) is 5.98. The van der Waals surface area contributed by atoms with Crippen molar-refractivity contribution >= 4 is 64.6 Å². The first-order chi connectivity index (χ1) is 23.8. The molecule has 222 valence electrons. The van der Waals surface area contributed by atoms with Gasteiger partial charge in [-0.15, -0.1) is 0 Å². The van der Waals surface area contributed by atoms with E-state index in [0.29, 0.717) is 0 Å². The molecule has 0 atom stereocenters. The number of fused-ring (bicyclic) bond motifs is 8. The lowest BCUT2D eigenvalue weighted by Gasteiger charge is -2.16. The van der Waals surface area contributed by atoms with Crippen LogP contribution in [0.1, 0.15) is 0 Å². The van der Waals surface area contributed by atoms with E-state index in [9.17, 15) is 0 Å². The molecular weight excluding hydrogens is 577 g/mol. The van der Waals surface area contributed by atoms with E-state index in [2.05, 4.69) is 182 Å². The Balaban J connectivity index is 1.13. The largest absolute Gasteiger partial charge is 0.0616 e. The fourth-order valence-electron chi connectivity index (χ4n) is 7.95. The minimum absolute atomic E-state index is 1.21. The van der Waals surface area contributed by atoms with Crippen LogP contribution in [-0.4, -0.2) is 0 Å². The third kappa shape index (κ3) is 4.16. The van der Waals surface area contributed by atoms with Crippen LogP contribution in [0.5, 0.6) is 0 Å². The highest BCUT2D eigenvalue weighted by atomic mass is 14.2. The van der Waals surface area contributed by atoms with Crippen LogP contribution < -0.4 is 0 Å². The fourth-order valence-corrected chi connectivity index (χ4v) is 7.95. The molecule has 0 saturated carbocycles. The number of rotatable bonds is 3. The summed E-state index contributed by atoms with van der Waals surface area (Å²) in [7, 11) is 0. The molecule has 0 nitrogen and oxygen atoms in total. The Bertz CT molecular complexity index is 2870. The van der Waals surface area contributed by atoms with Gasteiger partial charge in [0.05, 0.1) is 0 Å². The maximum absolute atomic E-state index is 2.37. The number of hydrogen-bond donors (Lipinski definition) is 0. The van der Waals surface area contributed by atoms with Gasteiger partial charge in [-0.05, 0) is 116 Å². The predicted octanol–water partition coefficient (Wildman–Crippen LogP) is 13.6. The van der Waals surface area contributed by atoms with Gasteiger partial charge in [-0.1, -0.05) is 164 Å². The van der Waals surface area contributed by atoms with Crippen molar-refractivity contribution in [1.29, 1.82) is 0 Å². The molecule has 0 N–H and O–H groups in total. The second-order valence-corrected chi connectivity index (χ2v) is 12.9. The molecule has 10 rings (SSSR count). The lowest BCUT2D eigenvalue weighted by atomic mass is 9.88. The second-order valence-electron chi connectivity index (χ2n) is 12.9. The van der Waals surface area contributed by atoms with E-state index in [0.717, 1.165) is 0 Å². The predicted molar refractivity (Wildman–Crippen MR) is 208 cm³/mol. The van der Waals surface area contributed by atoms with Gasteiger partial charge in [0.1, 0.15) is 0 Å².